The Kier molecular flexibility index (Phi) is 6.93. The van der Waals surface area contributed by atoms with Crippen LogP contribution in [0.1, 0.15) is 44.1 Å². The summed E-state index contributed by atoms with van der Waals surface area (Å²) >= 11 is 0. The van der Waals surface area contributed by atoms with Gasteiger partial charge < -0.3 is 19.4 Å². The van der Waals surface area contributed by atoms with E-state index in [-0.39, 0.29) is 30.7 Å². The number of amides is 2. The molecule has 7 nitrogen and oxygen atoms in total. The number of carbonyl (C=O) groups excluding carboxylic acids is 2. The van der Waals surface area contributed by atoms with Crippen molar-refractivity contribution in [2.45, 2.75) is 50.7 Å². The Balaban J connectivity index is 1.33. The van der Waals surface area contributed by atoms with Gasteiger partial charge in [-0.05, 0) is 69.8 Å². The van der Waals surface area contributed by atoms with Crippen molar-refractivity contribution in [3.8, 4) is 0 Å². The van der Waals surface area contributed by atoms with Crippen LogP contribution in [0.25, 0.3) is 0 Å². The summed E-state index contributed by atoms with van der Waals surface area (Å²) in [5.41, 5.74) is -0.938. The van der Waals surface area contributed by atoms with E-state index in [4.69, 9.17) is 4.74 Å². The lowest BCUT2D eigenvalue weighted by Crippen LogP contribution is -2.47. The largest absolute Gasteiger partial charge is 0.418 e. The summed E-state index contributed by atoms with van der Waals surface area (Å²) in [7, 11) is 1.46. The van der Waals surface area contributed by atoms with Gasteiger partial charge in [0.25, 0.3) is 0 Å². The minimum atomic E-state index is -4.56. The second-order valence-electron chi connectivity index (χ2n) is 10.6. The van der Waals surface area contributed by atoms with Crippen molar-refractivity contribution in [3.05, 3.63) is 23.8 Å². The highest BCUT2D eigenvalue weighted by molar-refractivity contribution is 6.01. The first-order valence-corrected chi connectivity index (χ1v) is 13.0. The first-order valence-electron chi connectivity index (χ1n) is 13.0. The van der Waals surface area contributed by atoms with Gasteiger partial charge in [-0.1, -0.05) is 0 Å². The molecule has 36 heavy (non-hydrogen) atoms. The van der Waals surface area contributed by atoms with Crippen molar-refractivity contribution in [3.63, 3.8) is 0 Å². The SMILES string of the molecule is COCC(=O)N1CCC2(CC1)CCN(c1ccc(N3CCC(N4CCCC4)C3)cc1C(F)(F)F)C2=O. The molecule has 0 aromatic heterocycles. The summed E-state index contributed by atoms with van der Waals surface area (Å²) in [5.74, 6) is -0.381. The molecule has 1 aromatic carbocycles. The Hall–Kier alpha value is -2.33. The van der Waals surface area contributed by atoms with Gasteiger partial charge in [0.1, 0.15) is 6.61 Å². The van der Waals surface area contributed by atoms with Crippen molar-refractivity contribution in [1.82, 2.24) is 9.80 Å². The minimum absolute atomic E-state index is 0.00976. The van der Waals surface area contributed by atoms with Gasteiger partial charge in [0.2, 0.25) is 11.8 Å². The number of nitrogens with zero attached hydrogens (tertiary/aromatic N) is 4. The first kappa shape index (κ1) is 25.3. The summed E-state index contributed by atoms with van der Waals surface area (Å²) in [6.45, 7) is 4.70. The van der Waals surface area contributed by atoms with E-state index >= 15 is 0 Å². The fourth-order valence-corrected chi connectivity index (χ4v) is 6.48. The molecule has 10 heteroatoms. The smallest absolute Gasteiger partial charge is 0.375 e. The number of piperidine rings is 1. The molecule has 0 saturated carbocycles. The number of methoxy groups -OCH3 is 1. The summed E-state index contributed by atoms with van der Waals surface area (Å²) in [4.78, 5) is 33.1. The van der Waals surface area contributed by atoms with Crippen molar-refractivity contribution < 1.29 is 27.5 Å². The number of halogens is 3. The zero-order valence-electron chi connectivity index (χ0n) is 20.9. The number of carbonyl (C=O) groups is 2. The number of anilines is 2. The van der Waals surface area contributed by atoms with Crippen LogP contribution in [0, 0.1) is 5.41 Å². The van der Waals surface area contributed by atoms with Crippen molar-refractivity contribution >= 4 is 23.2 Å². The predicted molar refractivity (Wildman–Crippen MR) is 130 cm³/mol. The predicted octanol–water partition coefficient (Wildman–Crippen LogP) is 3.37. The van der Waals surface area contributed by atoms with E-state index < -0.39 is 17.2 Å². The molecule has 4 fully saturated rings. The Labute approximate surface area is 210 Å². The number of likely N-dealkylation sites (tertiary alicyclic amines) is 2. The van der Waals surface area contributed by atoms with Crippen LogP contribution in [-0.2, 0) is 20.5 Å². The number of ether oxygens (including phenoxy) is 1. The Morgan fingerprint density at radius 2 is 1.75 bits per heavy atom. The maximum Gasteiger partial charge on any atom is 0.418 e. The molecule has 2 amide bonds. The van der Waals surface area contributed by atoms with E-state index in [9.17, 15) is 22.8 Å². The van der Waals surface area contributed by atoms with Crippen molar-refractivity contribution in [1.29, 1.82) is 0 Å². The second-order valence-corrected chi connectivity index (χ2v) is 10.6. The highest BCUT2D eigenvalue weighted by Gasteiger charge is 2.50. The quantitative estimate of drug-likeness (QED) is 0.611. The molecule has 0 aliphatic carbocycles. The maximum atomic E-state index is 14.2. The molecule has 0 N–H and O–H groups in total. The van der Waals surface area contributed by atoms with E-state index in [1.54, 1.807) is 11.0 Å². The molecule has 1 unspecified atom stereocenters. The molecule has 4 saturated heterocycles. The molecule has 198 valence electrons. The summed E-state index contributed by atoms with van der Waals surface area (Å²) in [5, 5.41) is 0. The van der Waals surface area contributed by atoms with Gasteiger partial charge in [0.05, 0.1) is 16.7 Å². The monoisotopic (exact) mass is 508 g/mol. The third-order valence-electron chi connectivity index (χ3n) is 8.62. The third-order valence-corrected chi connectivity index (χ3v) is 8.62. The van der Waals surface area contributed by atoms with Crippen LogP contribution in [0.5, 0.6) is 0 Å². The standard InChI is InChI=1S/C26H35F3N4O3/c1-36-18-23(34)31-13-7-25(8-14-31)9-15-33(24(25)35)22-5-4-19(16-21(22)26(27,28)29)32-12-6-20(17-32)30-10-2-3-11-30/h4-5,16,20H,2-3,6-15,17-18H2,1H3. The fraction of sp³-hybridized carbons (Fsp3) is 0.692. The van der Waals surface area contributed by atoms with Crippen LogP contribution >= 0.6 is 0 Å². The van der Waals surface area contributed by atoms with E-state index in [1.165, 1.54) is 37.0 Å². The number of rotatable bonds is 5. The maximum absolute atomic E-state index is 14.2. The van der Waals surface area contributed by atoms with Crippen LogP contribution in [-0.4, -0.2) is 87.2 Å². The highest BCUT2D eigenvalue weighted by atomic mass is 19.4. The highest BCUT2D eigenvalue weighted by Crippen LogP contribution is 2.47. The van der Waals surface area contributed by atoms with Gasteiger partial charge in [-0.3, -0.25) is 14.5 Å². The summed E-state index contributed by atoms with van der Waals surface area (Å²) < 4.78 is 47.6. The van der Waals surface area contributed by atoms with E-state index in [2.05, 4.69) is 4.90 Å². The summed E-state index contributed by atoms with van der Waals surface area (Å²) in [6, 6.07) is 4.84. The van der Waals surface area contributed by atoms with Crippen molar-refractivity contribution in [2.75, 3.05) is 69.3 Å². The van der Waals surface area contributed by atoms with E-state index in [0.29, 0.717) is 44.1 Å². The second kappa shape index (κ2) is 9.85. The van der Waals surface area contributed by atoms with Gasteiger partial charge in [0.15, 0.2) is 0 Å². The van der Waals surface area contributed by atoms with Gasteiger partial charge in [-0.15, -0.1) is 0 Å². The number of hydrogen-bond donors (Lipinski definition) is 0. The molecule has 0 bridgehead atoms. The van der Waals surface area contributed by atoms with Crippen LogP contribution in [0.2, 0.25) is 0 Å². The molecule has 5 rings (SSSR count). The molecule has 1 spiro atoms. The zero-order valence-corrected chi connectivity index (χ0v) is 20.9. The van der Waals surface area contributed by atoms with E-state index in [1.807, 2.05) is 4.90 Å². The lowest BCUT2D eigenvalue weighted by atomic mass is 9.77. The Morgan fingerprint density at radius 1 is 1.06 bits per heavy atom. The first-order chi connectivity index (χ1) is 17.2. The average Bonchev–Trinajstić information content (AvgIpc) is 3.61. The van der Waals surface area contributed by atoms with Crippen LogP contribution in [0.3, 0.4) is 0 Å². The zero-order chi connectivity index (χ0) is 25.5. The molecular formula is C26H35F3N4O3. The normalized spacial score (nSPS) is 24.9. The van der Waals surface area contributed by atoms with Gasteiger partial charge >= 0.3 is 6.18 Å². The van der Waals surface area contributed by atoms with Gasteiger partial charge in [-0.2, -0.15) is 13.2 Å². The molecule has 1 aromatic rings. The summed E-state index contributed by atoms with van der Waals surface area (Å²) in [6.07, 6.45) is 0.199. The Bertz CT molecular complexity index is 987. The molecular weight excluding hydrogens is 473 g/mol. The van der Waals surface area contributed by atoms with Gasteiger partial charge in [-0.25, -0.2) is 0 Å². The molecule has 4 aliphatic rings. The molecule has 0 radical (unpaired) electrons. The number of hydrogen-bond acceptors (Lipinski definition) is 5. The fourth-order valence-electron chi connectivity index (χ4n) is 6.48. The van der Waals surface area contributed by atoms with Crippen LogP contribution < -0.4 is 9.80 Å². The lowest BCUT2D eigenvalue weighted by molar-refractivity contribution is -0.141. The van der Waals surface area contributed by atoms with Crippen LogP contribution in [0.15, 0.2) is 18.2 Å². The number of benzene rings is 1. The Morgan fingerprint density at radius 3 is 2.42 bits per heavy atom. The van der Waals surface area contributed by atoms with Crippen molar-refractivity contribution in [2.24, 2.45) is 5.41 Å². The third kappa shape index (κ3) is 4.69. The van der Waals surface area contributed by atoms with Crippen LogP contribution in [0.4, 0.5) is 24.5 Å². The average molecular weight is 509 g/mol. The van der Waals surface area contributed by atoms with E-state index in [0.717, 1.165) is 32.6 Å². The molecule has 1 atom stereocenters. The lowest BCUT2D eigenvalue weighted by Gasteiger charge is -2.38. The number of alkyl halides is 3. The topological polar surface area (TPSA) is 56.3 Å². The van der Waals surface area contributed by atoms with Gasteiger partial charge in [0, 0.05) is 51.6 Å². The molecule has 4 heterocycles. The minimum Gasteiger partial charge on any atom is -0.375 e. The molecule has 4 aliphatic heterocycles.